The second-order valence-electron chi connectivity index (χ2n) is 4.97. The summed E-state index contributed by atoms with van der Waals surface area (Å²) in [5.41, 5.74) is 0. The molecule has 1 amide bonds. The van der Waals surface area contributed by atoms with Crippen molar-refractivity contribution in [1.29, 1.82) is 0 Å². The third-order valence-electron chi connectivity index (χ3n) is 3.56. The maximum Gasteiger partial charge on any atom is 0.471 e. The number of carbonyl (C=O) groups excluding carboxylic acids is 1. The first kappa shape index (κ1) is 15.3. The van der Waals surface area contributed by atoms with E-state index in [1.807, 2.05) is 13.8 Å². The SMILES string of the molecule is CCC(C)[C@H](CN1CCCC1)NC(=O)C(F)(F)F. The zero-order valence-electron chi connectivity index (χ0n) is 10.9. The van der Waals surface area contributed by atoms with Gasteiger partial charge in [-0.1, -0.05) is 20.3 Å². The fourth-order valence-electron chi connectivity index (χ4n) is 2.15. The average Bonchev–Trinajstić information content (AvgIpc) is 2.78. The van der Waals surface area contributed by atoms with Crippen LogP contribution in [0.4, 0.5) is 13.2 Å². The number of nitrogens with one attached hydrogen (secondary N) is 1. The molecule has 0 aromatic carbocycles. The van der Waals surface area contributed by atoms with Crippen LogP contribution in [0.25, 0.3) is 0 Å². The standard InChI is InChI=1S/C12H21F3N2O/c1-3-9(2)10(8-17-6-4-5-7-17)16-11(18)12(13,14)15/h9-10H,3-8H2,1-2H3,(H,16,18)/t9?,10-/m0/s1. The summed E-state index contributed by atoms with van der Waals surface area (Å²) < 4.78 is 36.8. The van der Waals surface area contributed by atoms with E-state index in [1.54, 1.807) is 0 Å². The molecule has 106 valence electrons. The first-order chi connectivity index (χ1) is 8.34. The Labute approximate surface area is 106 Å². The molecular weight excluding hydrogens is 245 g/mol. The Morgan fingerprint density at radius 1 is 1.33 bits per heavy atom. The Bertz CT molecular complexity index is 275. The van der Waals surface area contributed by atoms with Gasteiger partial charge in [0, 0.05) is 12.6 Å². The van der Waals surface area contributed by atoms with Gasteiger partial charge in [-0.2, -0.15) is 13.2 Å². The zero-order chi connectivity index (χ0) is 13.8. The van der Waals surface area contributed by atoms with Gasteiger partial charge in [-0.3, -0.25) is 4.79 Å². The van der Waals surface area contributed by atoms with E-state index in [4.69, 9.17) is 0 Å². The molecular formula is C12H21F3N2O. The lowest BCUT2D eigenvalue weighted by molar-refractivity contribution is -0.174. The molecule has 0 spiro atoms. The van der Waals surface area contributed by atoms with Gasteiger partial charge in [-0.25, -0.2) is 0 Å². The monoisotopic (exact) mass is 266 g/mol. The van der Waals surface area contributed by atoms with Gasteiger partial charge in [0.15, 0.2) is 0 Å². The van der Waals surface area contributed by atoms with Gasteiger partial charge in [0.1, 0.15) is 0 Å². The topological polar surface area (TPSA) is 32.3 Å². The van der Waals surface area contributed by atoms with Crippen molar-refractivity contribution < 1.29 is 18.0 Å². The van der Waals surface area contributed by atoms with Crippen LogP contribution >= 0.6 is 0 Å². The molecule has 1 unspecified atom stereocenters. The van der Waals surface area contributed by atoms with Gasteiger partial charge in [0.25, 0.3) is 0 Å². The van der Waals surface area contributed by atoms with E-state index in [0.29, 0.717) is 6.54 Å². The van der Waals surface area contributed by atoms with Gasteiger partial charge in [0.05, 0.1) is 0 Å². The quantitative estimate of drug-likeness (QED) is 0.827. The van der Waals surface area contributed by atoms with E-state index in [0.717, 1.165) is 32.4 Å². The van der Waals surface area contributed by atoms with Gasteiger partial charge >= 0.3 is 12.1 Å². The van der Waals surface area contributed by atoms with Crippen molar-refractivity contribution in [3.63, 3.8) is 0 Å². The summed E-state index contributed by atoms with van der Waals surface area (Å²) >= 11 is 0. The van der Waals surface area contributed by atoms with E-state index < -0.39 is 18.1 Å². The van der Waals surface area contributed by atoms with Crippen LogP contribution < -0.4 is 5.32 Å². The molecule has 0 saturated carbocycles. The molecule has 1 aliphatic rings. The number of hydrogen-bond acceptors (Lipinski definition) is 2. The van der Waals surface area contributed by atoms with Crippen molar-refractivity contribution >= 4 is 5.91 Å². The molecule has 1 N–H and O–H groups in total. The van der Waals surface area contributed by atoms with Crippen molar-refractivity contribution in [1.82, 2.24) is 10.2 Å². The number of halogens is 3. The van der Waals surface area contributed by atoms with E-state index in [2.05, 4.69) is 10.2 Å². The number of amides is 1. The summed E-state index contributed by atoms with van der Waals surface area (Å²) in [7, 11) is 0. The molecule has 0 aliphatic carbocycles. The molecule has 1 fully saturated rings. The fraction of sp³-hybridized carbons (Fsp3) is 0.917. The number of hydrogen-bond donors (Lipinski definition) is 1. The first-order valence-electron chi connectivity index (χ1n) is 6.44. The highest BCUT2D eigenvalue weighted by molar-refractivity contribution is 5.81. The first-order valence-corrected chi connectivity index (χ1v) is 6.44. The second kappa shape index (κ2) is 6.41. The van der Waals surface area contributed by atoms with Crippen molar-refractivity contribution in [3.05, 3.63) is 0 Å². The van der Waals surface area contributed by atoms with Crippen molar-refractivity contribution in [2.24, 2.45) is 5.92 Å². The summed E-state index contributed by atoms with van der Waals surface area (Å²) in [6, 6.07) is -0.428. The van der Waals surface area contributed by atoms with Gasteiger partial charge in [-0.15, -0.1) is 0 Å². The van der Waals surface area contributed by atoms with Crippen LogP contribution in [0.15, 0.2) is 0 Å². The van der Waals surface area contributed by atoms with Crippen molar-refractivity contribution in [2.45, 2.75) is 45.3 Å². The molecule has 18 heavy (non-hydrogen) atoms. The summed E-state index contributed by atoms with van der Waals surface area (Å²) in [6.07, 6.45) is -1.88. The number of likely N-dealkylation sites (tertiary alicyclic amines) is 1. The minimum Gasteiger partial charge on any atom is -0.344 e. The number of carbonyl (C=O) groups is 1. The minimum atomic E-state index is -4.79. The normalized spacial score (nSPS) is 20.7. The third kappa shape index (κ3) is 4.48. The lowest BCUT2D eigenvalue weighted by Crippen LogP contribution is -2.50. The lowest BCUT2D eigenvalue weighted by Gasteiger charge is -2.29. The number of alkyl halides is 3. The van der Waals surface area contributed by atoms with Crippen LogP contribution in [0.2, 0.25) is 0 Å². The Balaban J connectivity index is 2.57. The third-order valence-corrected chi connectivity index (χ3v) is 3.56. The highest BCUT2D eigenvalue weighted by Crippen LogP contribution is 2.18. The van der Waals surface area contributed by atoms with Crippen LogP contribution in [-0.2, 0) is 4.79 Å². The highest BCUT2D eigenvalue weighted by atomic mass is 19.4. The molecule has 0 bridgehead atoms. The Hall–Kier alpha value is -0.780. The van der Waals surface area contributed by atoms with E-state index in [9.17, 15) is 18.0 Å². The molecule has 1 rings (SSSR count). The molecule has 1 aliphatic heterocycles. The molecule has 6 heteroatoms. The summed E-state index contributed by atoms with van der Waals surface area (Å²) in [4.78, 5) is 13.1. The number of nitrogens with zero attached hydrogens (tertiary/aromatic N) is 1. The fourth-order valence-corrected chi connectivity index (χ4v) is 2.15. The van der Waals surface area contributed by atoms with Gasteiger partial charge < -0.3 is 10.2 Å². The number of rotatable bonds is 5. The maximum atomic E-state index is 12.3. The second-order valence-corrected chi connectivity index (χ2v) is 4.97. The molecule has 0 aromatic rings. The molecule has 0 radical (unpaired) electrons. The van der Waals surface area contributed by atoms with Crippen molar-refractivity contribution in [2.75, 3.05) is 19.6 Å². The van der Waals surface area contributed by atoms with Crippen LogP contribution in [0.5, 0.6) is 0 Å². The zero-order valence-corrected chi connectivity index (χ0v) is 10.9. The summed E-state index contributed by atoms with van der Waals surface area (Å²) in [5.74, 6) is -1.79. The smallest absolute Gasteiger partial charge is 0.344 e. The maximum absolute atomic E-state index is 12.3. The van der Waals surface area contributed by atoms with Gasteiger partial charge in [0.2, 0.25) is 0 Å². The van der Waals surface area contributed by atoms with Crippen molar-refractivity contribution in [3.8, 4) is 0 Å². The Kier molecular flexibility index (Phi) is 5.44. The molecule has 3 nitrogen and oxygen atoms in total. The van der Waals surface area contributed by atoms with Gasteiger partial charge in [-0.05, 0) is 31.8 Å². The molecule has 1 heterocycles. The Morgan fingerprint density at radius 2 is 1.89 bits per heavy atom. The Morgan fingerprint density at radius 3 is 2.33 bits per heavy atom. The van der Waals surface area contributed by atoms with E-state index >= 15 is 0 Å². The highest BCUT2D eigenvalue weighted by Gasteiger charge is 2.40. The van der Waals surface area contributed by atoms with E-state index in [1.165, 1.54) is 0 Å². The summed E-state index contributed by atoms with van der Waals surface area (Å²) in [5, 5.41) is 2.13. The predicted octanol–water partition coefficient (Wildman–Crippen LogP) is 2.18. The molecule has 2 atom stereocenters. The van der Waals surface area contributed by atoms with Crippen LogP contribution in [0, 0.1) is 5.92 Å². The molecule has 1 saturated heterocycles. The van der Waals surface area contributed by atoms with Crippen LogP contribution in [0.3, 0.4) is 0 Å². The lowest BCUT2D eigenvalue weighted by atomic mass is 9.98. The summed E-state index contributed by atoms with van der Waals surface area (Å²) in [6.45, 7) is 6.12. The van der Waals surface area contributed by atoms with Crippen LogP contribution in [0.1, 0.15) is 33.1 Å². The van der Waals surface area contributed by atoms with Crippen LogP contribution in [-0.4, -0.2) is 42.7 Å². The van der Waals surface area contributed by atoms with E-state index in [-0.39, 0.29) is 5.92 Å². The average molecular weight is 266 g/mol. The largest absolute Gasteiger partial charge is 0.471 e. The minimum absolute atomic E-state index is 0.0388. The predicted molar refractivity (Wildman–Crippen MR) is 63.1 cm³/mol. The molecule has 0 aromatic heterocycles.